The van der Waals surface area contributed by atoms with Crippen LogP contribution in [0, 0.1) is 0 Å². The first-order valence-corrected chi connectivity index (χ1v) is 7.55. The van der Waals surface area contributed by atoms with Gasteiger partial charge in [0.15, 0.2) is 5.54 Å². The molecule has 0 spiro atoms. The summed E-state index contributed by atoms with van der Waals surface area (Å²) in [6, 6.07) is 9.63. The summed E-state index contributed by atoms with van der Waals surface area (Å²) in [6.45, 7) is 5.54. The Kier molecular flexibility index (Phi) is 4.94. The Bertz CT molecular complexity index is 570. The number of carboxylic acids is 1. The summed E-state index contributed by atoms with van der Waals surface area (Å²) < 4.78 is 10.8. The van der Waals surface area contributed by atoms with Crippen LogP contribution >= 0.6 is 0 Å². The summed E-state index contributed by atoms with van der Waals surface area (Å²) in [7, 11) is 0. The van der Waals surface area contributed by atoms with E-state index in [0.29, 0.717) is 6.61 Å². The maximum atomic E-state index is 11.8. The predicted molar refractivity (Wildman–Crippen MR) is 82.9 cm³/mol. The molecule has 1 aromatic carbocycles. The van der Waals surface area contributed by atoms with Gasteiger partial charge >= 0.3 is 5.97 Å². The van der Waals surface area contributed by atoms with Crippen LogP contribution in [-0.2, 0) is 20.9 Å². The van der Waals surface area contributed by atoms with Gasteiger partial charge in [0.2, 0.25) is 0 Å². The lowest BCUT2D eigenvalue weighted by Crippen LogP contribution is -2.54. The summed E-state index contributed by atoms with van der Waals surface area (Å²) in [6.07, 6.45) is -0.720. The number of aliphatic carboxylic acids is 1. The quantitative estimate of drug-likeness (QED) is 0.659. The van der Waals surface area contributed by atoms with E-state index >= 15 is 0 Å². The Hall–Kier alpha value is -2.08. The highest BCUT2D eigenvalue weighted by molar-refractivity contribution is 5.83. The van der Waals surface area contributed by atoms with Gasteiger partial charge in [0.05, 0.1) is 12.7 Å². The van der Waals surface area contributed by atoms with Gasteiger partial charge in [-0.1, -0.05) is 51.1 Å². The lowest BCUT2D eigenvalue weighted by Gasteiger charge is -2.42. The van der Waals surface area contributed by atoms with E-state index in [1.165, 1.54) is 0 Å². The molecule has 1 N–H and O–H groups in total. The molecular formula is C17H22NO5-. The van der Waals surface area contributed by atoms with Gasteiger partial charge in [-0.2, -0.15) is 0 Å². The van der Waals surface area contributed by atoms with Crippen molar-refractivity contribution in [2.45, 2.75) is 57.5 Å². The van der Waals surface area contributed by atoms with Crippen LogP contribution in [0.3, 0.4) is 0 Å². The zero-order chi connectivity index (χ0) is 17.1. The topological polar surface area (TPSA) is 91.2 Å². The van der Waals surface area contributed by atoms with Crippen molar-refractivity contribution in [3.63, 3.8) is 0 Å². The molecule has 1 fully saturated rings. The highest BCUT2D eigenvalue weighted by Gasteiger charge is 2.51. The van der Waals surface area contributed by atoms with Crippen LogP contribution in [-0.4, -0.2) is 34.4 Å². The molecule has 0 amide bonds. The molecule has 6 nitrogen and oxygen atoms in total. The van der Waals surface area contributed by atoms with Crippen LogP contribution in [0.4, 0.5) is 0 Å². The molecule has 2 rings (SSSR count). The number of benzene rings is 1. The second kappa shape index (κ2) is 6.58. The second-order valence-corrected chi connectivity index (χ2v) is 6.76. The number of rotatable bonds is 5. The van der Waals surface area contributed by atoms with E-state index < -0.39 is 23.2 Å². The van der Waals surface area contributed by atoms with Gasteiger partial charge in [0, 0.05) is 18.4 Å². The van der Waals surface area contributed by atoms with Crippen molar-refractivity contribution in [3.8, 4) is 0 Å². The zero-order valence-electron chi connectivity index (χ0n) is 13.6. The predicted octanol–water partition coefficient (Wildman–Crippen LogP) is 1.72. The van der Waals surface area contributed by atoms with Crippen LogP contribution in [0.5, 0.6) is 0 Å². The van der Waals surface area contributed by atoms with Crippen LogP contribution in [0.25, 0.3) is 0 Å². The van der Waals surface area contributed by atoms with E-state index in [1.54, 1.807) is 20.8 Å². The van der Waals surface area contributed by atoms with Crippen molar-refractivity contribution < 1.29 is 24.5 Å². The Morgan fingerprint density at radius 3 is 2.48 bits per heavy atom. The minimum absolute atomic E-state index is 0.175. The summed E-state index contributed by atoms with van der Waals surface area (Å²) >= 11 is 0. The standard InChI is InChI=1S/C17H23NO5/c1-16(2,3)23-15(21)18-17(14(19)20)9-13(10-17)22-11-12-7-5-4-6-8-12/h4-8,13H,9-11H2,1-3H3,(H,18,21)(H,19,20)/p-1. The summed E-state index contributed by atoms with van der Waals surface area (Å²) in [4.78, 5) is 15.2. The summed E-state index contributed by atoms with van der Waals surface area (Å²) in [5, 5.41) is 21.1. The highest BCUT2D eigenvalue weighted by atomic mass is 16.6. The maximum Gasteiger partial charge on any atom is 0.331 e. The first-order chi connectivity index (χ1) is 10.7. The minimum Gasteiger partial charge on any atom is -0.595 e. The van der Waals surface area contributed by atoms with Gasteiger partial charge in [-0.25, -0.2) is 4.79 Å². The molecule has 1 aliphatic rings. The van der Waals surface area contributed by atoms with Crippen molar-refractivity contribution in [3.05, 3.63) is 35.9 Å². The third-order valence-electron chi connectivity index (χ3n) is 3.56. The largest absolute Gasteiger partial charge is 0.595 e. The van der Waals surface area contributed by atoms with Crippen LogP contribution in [0.15, 0.2) is 35.3 Å². The fourth-order valence-corrected chi connectivity index (χ4v) is 2.37. The van der Waals surface area contributed by atoms with Crippen molar-refractivity contribution in [1.29, 1.82) is 0 Å². The second-order valence-electron chi connectivity index (χ2n) is 6.76. The Balaban J connectivity index is 1.93. The normalized spacial score (nSPS) is 24.8. The molecule has 1 saturated carbocycles. The number of carboxylic acid groups (broad SMARTS) is 1. The molecule has 0 atom stereocenters. The van der Waals surface area contributed by atoms with E-state index in [4.69, 9.17) is 9.47 Å². The number of ether oxygens (including phenoxy) is 2. The Labute approximate surface area is 135 Å². The minimum atomic E-state index is -1.43. The van der Waals surface area contributed by atoms with E-state index in [2.05, 4.69) is 4.99 Å². The highest BCUT2D eigenvalue weighted by Crippen LogP contribution is 2.39. The third-order valence-corrected chi connectivity index (χ3v) is 3.56. The van der Waals surface area contributed by atoms with Gasteiger partial charge in [-0.15, -0.1) is 0 Å². The number of hydrogen-bond donors (Lipinski definition) is 1. The van der Waals surface area contributed by atoms with Crippen LogP contribution < -0.4 is 5.11 Å². The number of hydrogen-bond acceptors (Lipinski definition) is 5. The fourth-order valence-electron chi connectivity index (χ4n) is 2.37. The van der Waals surface area contributed by atoms with Crippen molar-refractivity contribution in [1.82, 2.24) is 0 Å². The molecule has 126 valence electrons. The summed E-state index contributed by atoms with van der Waals surface area (Å²) in [5.41, 5.74) is -1.11. The first kappa shape index (κ1) is 17.3. The van der Waals surface area contributed by atoms with Gasteiger partial charge in [0.25, 0.3) is 0 Å². The van der Waals surface area contributed by atoms with Gasteiger partial charge < -0.3 is 19.7 Å². The molecule has 0 aromatic heterocycles. The average Bonchev–Trinajstić information content (AvgIpc) is 2.39. The van der Waals surface area contributed by atoms with E-state index in [9.17, 15) is 15.0 Å². The van der Waals surface area contributed by atoms with Gasteiger partial charge in [0.1, 0.15) is 6.08 Å². The number of nitrogens with zero attached hydrogens (tertiary/aromatic N) is 1. The van der Waals surface area contributed by atoms with E-state index in [0.717, 1.165) is 5.56 Å². The van der Waals surface area contributed by atoms with Crippen molar-refractivity contribution >= 4 is 12.1 Å². The molecule has 0 saturated heterocycles. The Morgan fingerprint density at radius 1 is 1.35 bits per heavy atom. The molecule has 1 aromatic rings. The number of carbonyl (C=O) groups is 1. The summed E-state index contributed by atoms with van der Waals surface area (Å²) in [5.74, 6) is -1.12. The molecular weight excluding hydrogens is 298 g/mol. The van der Waals surface area contributed by atoms with Gasteiger partial charge in [-0.05, 0) is 5.56 Å². The maximum absolute atomic E-state index is 11.8. The van der Waals surface area contributed by atoms with Crippen LogP contribution in [0.1, 0.15) is 39.2 Å². The zero-order valence-corrected chi connectivity index (χ0v) is 13.6. The van der Waals surface area contributed by atoms with Gasteiger partial charge in [-0.3, -0.25) is 4.99 Å². The molecule has 0 unspecified atom stereocenters. The molecule has 0 radical (unpaired) electrons. The fraction of sp³-hybridized carbons (Fsp3) is 0.529. The first-order valence-electron chi connectivity index (χ1n) is 7.55. The average molecular weight is 320 g/mol. The van der Waals surface area contributed by atoms with E-state index in [1.807, 2.05) is 30.3 Å². The lowest BCUT2D eigenvalue weighted by molar-refractivity contribution is -0.262. The number of aliphatic imine (C=N–C) groups is 1. The molecule has 0 bridgehead atoms. The Morgan fingerprint density at radius 2 is 1.96 bits per heavy atom. The molecule has 23 heavy (non-hydrogen) atoms. The van der Waals surface area contributed by atoms with Crippen LogP contribution in [0.2, 0.25) is 0 Å². The smallest absolute Gasteiger partial charge is 0.331 e. The SMILES string of the molecule is CC(C)(C)OC([O-])=NC1(C(=O)O)CC(OCc2ccccc2)C1. The molecule has 0 heterocycles. The van der Waals surface area contributed by atoms with E-state index in [-0.39, 0.29) is 18.9 Å². The molecule has 6 heteroatoms. The molecule has 0 aliphatic heterocycles. The molecule has 1 aliphatic carbocycles. The third kappa shape index (κ3) is 4.69. The lowest BCUT2D eigenvalue weighted by atomic mass is 9.74. The van der Waals surface area contributed by atoms with Crippen molar-refractivity contribution in [2.24, 2.45) is 4.99 Å². The monoisotopic (exact) mass is 320 g/mol. The van der Waals surface area contributed by atoms with Crippen molar-refractivity contribution in [2.75, 3.05) is 0 Å².